The van der Waals surface area contributed by atoms with Crippen molar-refractivity contribution in [2.24, 2.45) is 11.8 Å². The number of esters is 1. The van der Waals surface area contributed by atoms with Crippen LogP contribution in [0.2, 0.25) is 0 Å². The van der Waals surface area contributed by atoms with Crippen molar-refractivity contribution in [2.75, 3.05) is 13.2 Å². The van der Waals surface area contributed by atoms with Crippen LogP contribution in [-0.4, -0.2) is 36.4 Å². The molecule has 1 aliphatic carbocycles. The van der Waals surface area contributed by atoms with Gasteiger partial charge in [-0.2, -0.15) is 0 Å². The lowest BCUT2D eigenvalue weighted by Gasteiger charge is -2.24. The highest BCUT2D eigenvalue weighted by Crippen LogP contribution is 2.29. The number of carbonyl (C=O) groups is 2. The van der Waals surface area contributed by atoms with Crippen molar-refractivity contribution in [3.63, 3.8) is 0 Å². The fourth-order valence-corrected chi connectivity index (χ4v) is 2.03. The zero-order valence-electron chi connectivity index (χ0n) is 9.05. The first kappa shape index (κ1) is 11.4. The average Bonchev–Trinajstić information content (AvgIpc) is 3.10. The number of ether oxygens (including phenoxy) is 2. The molecule has 2 aliphatic rings. The second-order valence-corrected chi connectivity index (χ2v) is 4.47. The van der Waals surface area contributed by atoms with Crippen LogP contribution in [0.3, 0.4) is 0 Å². The van der Waals surface area contributed by atoms with Gasteiger partial charge in [0.1, 0.15) is 12.7 Å². The predicted octanol–water partition coefficient (Wildman–Crippen LogP) is 0.819. The summed E-state index contributed by atoms with van der Waals surface area (Å²) in [4.78, 5) is 22.3. The SMILES string of the molecule is O=C(O)C1CCC(C(=O)OCC2CO2)CC1. The average molecular weight is 228 g/mol. The predicted molar refractivity (Wildman–Crippen MR) is 53.8 cm³/mol. The summed E-state index contributed by atoms with van der Waals surface area (Å²) >= 11 is 0. The van der Waals surface area contributed by atoms with Gasteiger partial charge in [-0.1, -0.05) is 0 Å². The van der Waals surface area contributed by atoms with E-state index in [1.807, 2.05) is 0 Å². The van der Waals surface area contributed by atoms with E-state index in [9.17, 15) is 9.59 Å². The third-order valence-corrected chi connectivity index (χ3v) is 3.22. The summed E-state index contributed by atoms with van der Waals surface area (Å²) in [6.07, 6.45) is 2.51. The molecule has 0 amide bonds. The third kappa shape index (κ3) is 2.95. The summed E-state index contributed by atoms with van der Waals surface area (Å²) in [5, 5.41) is 8.81. The summed E-state index contributed by atoms with van der Waals surface area (Å²) in [5.41, 5.74) is 0. The van der Waals surface area contributed by atoms with E-state index in [1.54, 1.807) is 0 Å². The number of rotatable bonds is 4. The van der Waals surface area contributed by atoms with Gasteiger partial charge < -0.3 is 14.6 Å². The number of carbonyl (C=O) groups excluding carboxylic acids is 1. The van der Waals surface area contributed by atoms with Gasteiger partial charge in [-0.05, 0) is 25.7 Å². The van der Waals surface area contributed by atoms with Crippen LogP contribution in [0.15, 0.2) is 0 Å². The Morgan fingerprint density at radius 3 is 2.25 bits per heavy atom. The van der Waals surface area contributed by atoms with Crippen molar-refractivity contribution >= 4 is 11.9 Å². The summed E-state index contributed by atoms with van der Waals surface area (Å²) < 4.78 is 10.0. The maximum atomic E-state index is 11.6. The Morgan fingerprint density at radius 1 is 1.19 bits per heavy atom. The van der Waals surface area contributed by atoms with Gasteiger partial charge in [-0.15, -0.1) is 0 Å². The lowest BCUT2D eigenvalue weighted by atomic mass is 9.82. The molecular weight excluding hydrogens is 212 g/mol. The molecule has 2 rings (SSSR count). The quantitative estimate of drug-likeness (QED) is 0.569. The smallest absolute Gasteiger partial charge is 0.309 e. The van der Waals surface area contributed by atoms with E-state index in [4.69, 9.17) is 14.6 Å². The van der Waals surface area contributed by atoms with Crippen LogP contribution in [0, 0.1) is 11.8 Å². The Balaban J connectivity index is 1.70. The molecule has 5 heteroatoms. The number of carboxylic acid groups (broad SMARTS) is 1. The molecule has 1 N–H and O–H groups in total. The van der Waals surface area contributed by atoms with Gasteiger partial charge in [-0.3, -0.25) is 9.59 Å². The number of hydrogen-bond donors (Lipinski definition) is 1. The molecule has 1 atom stereocenters. The summed E-state index contributed by atoms with van der Waals surface area (Å²) in [5.74, 6) is -1.34. The number of hydrogen-bond acceptors (Lipinski definition) is 4. The zero-order valence-corrected chi connectivity index (χ0v) is 9.05. The minimum absolute atomic E-state index is 0.0966. The third-order valence-electron chi connectivity index (χ3n) is 3.22. The Kier molecular flexibility index (Phi) is 3.43. The Bertz CT molecular complexity index is 276. The highest BCUT2D eigenvalue weighted by Gasteiger charge is 2.32. The minimum Gasteiger partial charge on any atom is -0.481 e. The van der Waals surface area contributed by atoms with Gasteiger partial charge in [0.25, 0.3) is 0 Å². The largest absolute Gasteiger partial charge is 0.481 e. The van der Waals surface area contributed by atoms with Crippen LogP contribution in [0.1, 0.15) is 25.7 Å². The van der Waals surface area contributed by atoms with E-state index in [2.05, 4.69) is 0 Å². The van der Waals surface area contributed by atoms with Crippen LogP contribution >= 0.6 is 0 Å². The molecule has 0 spiro atoms. The molecule has 90 valence electrons. The Labute approximate surface area is 93.7 Å². The molecule has 0 aromatic heterocycles. The van der Waals surface area contributed by atoms with Crippen molar-refractivity contribution in [3.05, 3.63) is 0 Å². The van der Waals surface area contributed by atoms with Gasteiger partial charge in [0.05, 0.1) is 18.4 Å². The van der Waals surface area contributed by atoms with Crippen LogP contribution < -0.4 is 0 Å². The molecule has 1 saturated carbocycles. The second kappa shape index (κ2) is 4.82. The van der Waals surface area contributed by atoms with Gasteiger partial charge >= 0.3 is 11.9 Å². The molecule has 5 nitrogen and oxygen atoms in total. The highest BCUT2D eigenvalue weighted by molar-refractivity contribution is 5.74. The molecule has 1 unspecified atom stereocenters. The van der Waals surface area contributed by atoms with Crippen LogP contribution in [-0.2, 0) is 19.1 Å². The van der Waals surface area contributed by atoms with Gasteiger partial charge in [0, 0.05) is 0 Å². The maximum absolute atomic E-state index is 11.6. The van der Waals surface area contributed by atoms with E-state index < -0.39 is 5.97 Å². The van der Waals surface area contributed by atoms with E-state index >= 15 is 0 Å². The van der Waals surface area contributed by atoms with Crippen molar-refractivity contribution in [3.8, 4) is 0 Å². The first-order chi connectivity index (χ1) is 7.66. The first-order valence-electron chi connectivity index (χ1n) is 5.68. The summed E-state index contributed by atoms with van der Waals surface area (Å²) in [7, 11) is 0. The molecule has 0 aromatic rings. The van der Waals surface area contributed by atoms with Gasteiger partial charge in [-0.25, -0.2) is 0 Å². The molecule has 0 aromatic carbocycles. The normalized spacial score (nSPS) is 33.1. The fourth-order valence-electron chi connectivity index (χ4n) is 2.03. The number of aliphatic carboxylic acids is 1. The fraction of sp³-hybridized carbons (Fsp3) is 0.818. The molecule has 16 heavy (non-hydrogen) atoms. The van der Waals surface area contributed by atoms with E-state index in [0.717, 1.165) is 0 Å². The second-order valence-electron chi connectivity index (χ2n) is 4.47. The monoisotopic (exact) mass is 228 g/mol. The Hall–Kier alpha value is -1.10. The van der Waals surface area contributed by atoms with Crippen LogP contribution in [0.5, 0.6) is 0 Å². The summed E-state index contributed by atoms with van der Waals surface area (Å²) in [6, 6.07) is 0. The lowest BCUT2D eigenvalue weighted by molar-refractivity contribution is -0.153. The van der Waals surface area contributed by atoms with E-state index in [0.29, 0.717) is 38.9 Å². The van der Waals surface area contributed by atoms with Crippen LogP contribution in [0.25, 0.3) is 0 Å². The van der Waals surface area contributed by atoms with Gasteiger partial charge in [0.2, 0.25) is 0 Å². The first-order valence-corrected chi connectivity index (χ1v) is 5.68. The summed E-state index contributed by atoms with van der Waals surface area (Å²) in [6.45, 7) is 1.02. The van der Waals surface area contributed by atoms with Crippen molar-refractivity contribution < 1.29 is 24.2 Å². The van der Waals surface area contributed by atoms with E-state index in [1.165, 1.54) is 0 Å². The van der Waals surface area contributed by atoms with Gasteiger partial charge in [0.15, 0.2) is 0 Å². The molecule has 0 radical (unpaired) electrons. The van der Waals surface area contributed by atoms with Crippen molar-refractivity contribution in [2.45, 2.75) is 31.8 Å². The lowest BCUT2D eigenvalue weighted by Crippen LogP contribution is -2.27. The van der Waals surface area contributed by atoms with E-state index in [-0.39, 0.29) is 23.9 Å². The molecule has 1 saturated heterocycles. The molecule has 1 aliphatic heterocycles. The number of carboxylic acids is 1. The molecule has 1 heterocycles. The molecular formula is C11H16O5. The minimum atomic E-state index is -0.752. The van der Waals surface area contributed by atoms with Crippen LogP contribution in [0.4, 0.5) is 0 Å². The standard InChI is InChI=1S/C11H16O5/c12-10(13)7-1-3-8(4-2-7)11(14)16-6-9-5-15-9/h7-9H,1-6H2,(H,12,13). The molecule has 0 bridgehead atoms. The molecule has 2 fully saturated rings. The maximum Gasteiger partial charge on any atom is 0.309 e. The highest BCUT2D eigenvalue weighted by atomic mass is 16.6. The van der Waals surface area contributed by atoms with Crippen molar-refractivity contribution in [1.29, 1.82) is 0 Å². The number of epoxide rings is 1. The van der Waals surface area contributed by atoms with Crippen molar-refractivity contribution in [1.82, 2.24) is 0 Å². The zero-order chi connectivity index (χ0) is 11.5. The topological polar surface area (TPSA) is 76.1 Å². The Morgan fingerprint density at radius 2 is 1.75 bits per heavy atom.